The number of ether oxygens (including phenoxy) is 1. The Hall–Kier alpha value is -3.09. The molecule has 5 nitrogen and oxygen atoms in total. The van der Waals surface area contributed by atoms with Crippen LogP contribution in [0.15, 0.2) is 48.5 Å². The van der Waals surface area contributed by atoms with Gasteiger partial charge in [0.05, 0.1) is 29.8 Å². The van der Waals surface area contributed by atoms with Gasteiger partial charge in [-0.2, -0.15) is 0 Å². The number of benzene rings is 2. The van der Waals surface area contributed by atoms with Crippen LogP contribution < -0.4 is 0 Å². The van der Waals surface area contributed by atoms with Gasteiger partial charge in [-0.25, -0.2) is 4.39 Å². The SMILES string of the molecule is Cc1cc(F)ccc1-c1c(/C=C/[C@@H](O)C[C@@H]2C[C@@H](O)CC(=O)O2)c(C2CC2)nc2ccccc12. The number of esters is 1. The van der Waals surface area contributed by atoms with Gasteiger partial charge in [0, 0.05) is 35.3 Å². The van der Waals surface area contributed by atoms with Gasteiger partial charge in [-0.1, -0.05) is 36.4 Å². The van der Waals surface area contributed by atoms with E-state index in [1.165, 1.54) is 12.1 Å². The summed E-state index contributed by atoms with van der Waals surface area (Å²) in [5, 5.41) is 21.5. The van der Waals surface area contributed by atoms with Crippen LogP contribution in [0.4, 0.5) is 4.39 Å². The molecule has 1 saturated carbocycles. The molecule has 1 aliphatic heterocycles. The number of hydrogen-bond acceptors (Lipinski definition) is 5. The lowest BCUT2D eigenvalue weighted by atomic mass is 9.90. The van der Waals surface area contributed by atoms with Crippen molar-refractivity contribution in [3.8, 4) is 11.1 Å². The van der Waals surface area contributed by atoms with Crippen LogP contribution in [0.5, 0.6) is 0 Å². The van der Waals surface area contributed by atoms with Crippen molar-refractivity contribution >= 4 is 22.9 Å². The Bertz CT molecular complexity index is 1270. The van der Waals surface area contributed by atoms with E-state index in [-0.39, 0.29) is 18.7 Å². The first-order valence-corrected chi connectivity index (χ1v) is 11.8. The molecule has 2 fully saturated rings. The van der Waals surface area contributed by atoms with Gasteiger partial charge in [0.15, 0.2) is 0 Å². The van der Waals surface area contributed by atoms with Gasteiger partial charge in [-0.3, -0.25) is 9.78 Å². The molecule has 0 radical (unpaired) electrons. The zero-order valence-corrected chi connectivity index (χ0v) is 19.1. The number of aliphatic hydroxyl groups is 2. The number of carbonyl (C=O) groups is 1. The van der Waals surface area contributed by atoms with Gasteiger partial charge in [0.25, 0.3) is 0 Å². The molecule has 6 heteroatoms. The average molecular weight is 462 g/mol. The van der Waals surface area contributed by atoms with Crippen LogP contribution in [0.2, 0.25) is 0 Å². The molecule has 1 aliphatic carbocycles. The number of fused-ring (bicyclic) bond motifs is 1. The van der Waals surface area contributed by atoms with E-state index in [1.807, 2.05) is 37.3 Å². The van der Waals surface area contributed by atoms with Crippen molar-refractivity contribution in [1.29, 1.82) is 0 Å². The monoisotopic (exact) mass is 461 g/mol. The number of aliphatic hydroxyl groups excluding tert-OH is 2. The highest BCUT2D eigenvalue weighted by Crippen LogP contribution is 2.46. The van der Waals surface area contributed by atoms with E-state index >= 15 is 0 Å². The fourth-order valence-electron chi connectivity index (χ4n) is 4.84. The third-order valence-electron chi connectivity index (χ3n) is 6.61. The van der Waals surface area contributed by atoms with Crippen molar-refractivity contribution in [2.45, 2.75) is 63.3 Å². The molecule has 0 spiro atoms. The number of cyclic esters (lactones) is 1. The molecule has 2 aliphatic rings. The molecule has 3 aromatic rings. The third kappa shape index (κ3) is 4.74. The van der Waals surface area contributed by atoms with Crippen molar-refractivity contribution in [3.05, 3.63) is 71.2 Å². The zero-order valence-electron chi connectivity index (χ0n) is 19.1. The summed E-state index contributed by atoms with van der Waals surface area (Å²) in [5.41, 5.74) is 5.55. The molecule has 1 saturated heterocycles. The molecule has 176 valence electrons. The van der Waals surface area contributed by atoms with Gasteiger partial charge >= 0.3 is 5.97 Å². The fourth-order valence-corrected chi connectivity index (χ4v) is 4.84. The first kappa shape index (κ1) is 22.7. The Kier molecular flexibility index (Phi) is 6.19. The Morgan fingerprint density at radius 3 is 2.76 bits per heavy atom. The first-order valence-electron chi connectivity index (χ1n) is 11.8. The molecule has 34 heavy (non-hydrogen) atoms. The summed E-state index contributed by atoms with van der Waals surface area (Å²) in [6.07, 6.45) is 4.14. The summed E-state index contributed by atoms with van der Waals surface area (Å²) in [7, 11) is 0. The smallest absolute Gasteiger partial charge is 0.308 e. The minimum atomic E-state index is -0.858. The molecule has 2 heterocycles. The lowest BCUT2D eigenvalue weighted by Gasteiger charge is -2.26. The van der Waals surface area contributed by atoms with E-state index in [4.69, 9.17) is 9.72 Å². The van der Waals surface area contributed by atoms with Gasteiger partial charge < -0.3 is 14.9 Å². The topological polar surface area (TPSA) is 79.7 Å². The maximum atomic E-state index is 13.9. The van der Waals surface area contributed by atoms with Gasteiger partial charge in [0.2, 0.25) is 0 Å². The second-order valence-corrected chi connectivity index (χ2v) is 9.40. The average Bonchev–Trinajstić information content (AvgIpc) is 3.62. The summed E-state index contributed by atoms with van der Waals surface area (Å²) in [4.78, 5) is 16.6. The highest BCUT2D eigenvalue weighted by Gasteiger charge is 2.31. The van der Waals surface area contributed by atoms with Gasteiger partial charge in [-0.05, 0) is 49.1 Å². The highest BCUT2D eigenvalue weighted by atomic mass is 19.1. The van der Waals surface area contributed by atoms with Crippen molar-refractivity contribution in [3.63, 3.8) is 0 Å². The minimum Gasteiger partial charge on any atom is -0.462 e. The zero-order chi connectivity index (χ0) is 23.8. The van der Waals surface area contributed by atoms with E-state index in [0.717, 1.165) is 51.7 Å². The summed E-state index contributed by atoms with van der Waals surface area (Å²) in [5.74, 6) is -0.363. The normalized spacial score (nSPS) is 21.7. The summed E-state index contributed by atoms with van der Waals surface area (Å²) in [6, 6.07) is 12.8. The van der Waals surface area contributed by atoms with Crippen LogP contribution in [0.25, 0.3) is 28.1 Å². The van der Waals surface area contributed by atoms with Gasteiger partial charge in [0.1, 0.15) is 11.9 Å². The standard InChI is InChI=1S/C28H28FNO4/c1-16-12-18(29)8-10-22(16)27-23-4-2-3-5-25(23)30-28(17-6-7-17)24(27)11-9-19(31)13-21-14-20(32)15-26(33)34-21/h2-5,8-12,17,19-21,31-32H,6-7,13-15H2,1H3/b11-9+/t19-,20-,21-/m1/s1. The largest absolute Gasteiger partial charge is 0.462 e. The first-order chi connectivity index (χ1) is 16.4. The van der Waals surface area contributed by atoms with Crippen molar-refractivity contribution < 1.29 is 24.1 Å². The highest BCUT2D eigenvalue weighted by molar-refractivity contribution is 6.00. The van der Waals surface area contributed by atoms with E-state index in [1.54, 1.807) is 12.1 Å². The Balaban J connectivity index is 1.57. The maximum absolute atomic E-state index is 13.9. The van der Waals surface area contributed by atoms with Crippen molar-refractivity contribution in [2.75, 3.05) is 0 Å². The van der Waals surface area contributed by atoms with Crippen LogP contribution in [0.1, 0.15) is 54.8 Å². The predicted molar refractivity (Wildman–Crippen MR) is 129 cm³/mol. The van der Waals surface area contributed by atoms with E-state index in [9.17, 15) is 19.4 Å². The Morgan fingerprint density at radius 2 is 2.03 bits per heavy atom. The van der Waals surface area contributed by atoms with Crippen molar-refractivity contribution in [2.24, 2.45) is 0 Å². The number of pyridine rings is 1. The summed E-state index contributed by atoms with van der Waals surface area (Å²) in [6.45, 7) is 1.90. The number of aryl methyl sites for hydroxylation is 1. The van der Waals surface area contributed by atoms with Gasteiger partial charge in [-0.15, -0.1) is 0 Å². The molecule has 0 unspecified atom stereocenters. The van der Waals surface area contributed by atoms with Crippen LogP contribution in [0, 0.1) is 12.7 Å². The Morgan fingerprint density at radius 1 is 1.24 bits per heavy atom. The number of aromatic nitrogens is 1. The van der Waals surface area contributed by atoms with E-state index in [2.05, 4.69) is 0 Å². The maximum Gasteiger partial charge on any atom is 0.308 e. The molecule has 5 rings (SSSR count). The number of halogens is 1. The number of rotatable bonds is 6. The molecule has 2 aromatic carbocycles. The minimum absolute atomic E-state index is 0.00365. The lowest BCUT2D eigenvalue weighted by molar-refractivity contribution is -0.161. The van der Waals surface area contributed by atoms with Crippen LogP contribution in [0.3, 0.4) is 0 Å². The molecular weight excluding hydrogens is 433 g/mol. The second-order valence-electron chi connectivity index (χ2n) is 9.40. The number of para-hydroxylation sites is 1. The van der Waals surface area contributed by atoms with Crippen LogP contribution >= 0.6 is 0 Å². The number of nitrogens with zero attached hydrogens (tertiary/aromatic N) is 1. The fraction of sp³-hybridized carbons (Fsp3) is 0.357. The molecule has 0 amide bonds. The van der Waals surface area contributed by atoms with E-state index < -0.39 is 24.3 Å². The van der Waals surface area contributed by atoms with Crippen molar-refractivity contribution in [1.82, 2.24) is 4.98 Å². The molecular formula is C28H28FNO4. The third-order valence-corrected chi connectivity index (χ3v) is 6.61. The molecule has 0 bridgehead atoms. The van der Waals surface area contributed by atoms with Crippen LogP contribution in [-0.2, 0) is 9.53 Å². The number of carbonyl (C=O) groups excluding carboxylic acids is 1. The predicted octanol–water partition coefficient (Wildman–Crippen LogP) is 5.06. The summed E-state index contributed by atoms with van der Waals surface area (Å²) < 4.78 is 19.2. The second kappa shape index (κ2) is 9.28. The quantitative estimate of drug-likeness (QED) is 0.502. The molecule has 1 aromatic heterocycles. The molecule has 3 atom stereocenters. The Labute approximate surface area is 197 Å². The summed E-state index contributed by atoms with van der Waals surface area (Å²) >= 11 is 0. The molecule has 2 N–H and O–H groups in total. The van der Waals surface area contributed by atoms with Crippen LogP contribution in [-0.4, -0.2) is 39.5 Å². The lowest BCUT2D eigenvalue weighted by Crippen LogP contribution is -2.34. The van der Waals surface area contributed by atoms with E-state index in [0.29, 0.717) is 12.3 Å². The number of hydrogen-bond donors (Lipinski definition) is 2.